The van der Waals surface area contributed by atoms with Gasteiger partial charge in [0.15, 0.2) is 0 Å². The molecule has 5 rings (SSSR count). The largest absolute Gasteiger partial charge is 0.300 e. The third kappa shape index (κ3) is 5.71. The third-order valence-electron chi connectivity index (χ3n) is 5.36. The Balaban J connectivity index is 1.12. The second-order valence-corrected chi connectivity index (χ2v) is 9.84. The summed E-state index contributed by atoms with van der Waals surface area (Å²) in [5, 5.41) is 26.2. The van der Waals surface area contributed by atoms with E-state index in [1.54, 1.807) is 36.0 Å². The van der Waals surface area contributed by atoms with Crippen molar-refractivity contribution in [2.45, 2.75) is 38.0 Å². The van der Waals surface area contributed by atoms with Crippen LogP contribution in [-0.4, -0.2) is 41.3 Å². The molecule has 2 N–H and O–H groups in total. The molecule has 0 spiro atoms. The first-order chi connectivity index (χ1) is 16.2. The second-order valence-electron chi connectivity index (χ2n) is 7.77. The van der Waals surface area contributed by atoms with E-state index >= 15 is 0 Å². The molecule has 2 atom stereocenters. The molecule has 4 heterocycles. The zero-order valence-electron chi connectivity index (χ0n) is 17.6. The lowest BCUT2D eigenvalue weighted by atomic mass is 10.0. The molecule has 1 fully saturated rings. The van der Waals surface area contributed by atoms with Crippen LogP contribution < -0.4 is 10.6 Å². The molecule has 168 valence electrons. The maximum Gasteiger partial charge on any atom is 0.232 e. The number of anilines is 3. The van der Waals surface area contributed by atoms with Gasteiger partial charge in [-0.3, -0.25) is 15.1 Å². The third-order valence-corrected chi connectivity index (χ3v) is 7.22. The molecule has 33 heavy (non-hydrogen) atoms. The van der Waals surface area contributed by atoms with Crippen molar-refractivity contribution in [2.24, 2.45) is 5.92 Å². The van der Waals surface area contributed by atoms with Crippen LogP contribution in [0.4, 0.5) is 16.2 Å². The first-order valence-corrected chi connectivity index (χ1v) is 12.2. The van der Waals surface area contributed by atoms with Gasteiger partial charge in [0.2, 0.25) is 22.1 Å². The average Bonchev–Trinajstić information content (AvgIpc) is 3.57. The number of pyridine rings is 1. The Morgan fingerprint density at radius 2 is 1.79 bits per heavy atom. The number of rotatable bonds is 8. The summed E-state index contributed by atoms with van der Waals surface area (Å²) in [6, 6.07) is 7.29. The first-order valence-electron chi connectivity index (χ1n) is 10.6. The van der Waals surface area contributed by atoms with Crippen LogP contribution in [0.1, 0.15) is 40.9 Å². The van der Waals surface area contributed by atoms with Crippen LogP contribution in [0.2, 0.25) is 0 Å². The molecule has 4 aromatic heterocycles. The monoisotopic (exact) mass is 479 g/mol. The van der Waals surface area contributed by atoms with Crippen LogP contribution in [0.3, 0.4) is 0 Å². The predicted octanol–water partition coefficient (Wildman–Crippen LogP) is 3.63. The van der Waals surface area contributed by atoms with Gasteiger partial charge >= 0.3 is 0 Å². The van der Waals surface area contributed by atoms with Crippen molar-refractivity contribution in [3.63, 3.8) is 0 Å². The van der Waals surface area contributed by atoms with Crippen molar-refractivity contribution in [2.75, 3.05) is 10.6 Å². The molecule has 0 saturated heterocycles. The predicted molar refractivity (Wildman–Crippen MR) is 125 cm³/mol. The van der Waals surface area contributed by atoms with Crippen LogP contribution in [0.15, 0.2) is 42.9 Å². The normalized spacial score (nSPS) is 17.7. The van der Waals surface area contributed by atoms with Crippen LogP contribution >= 0.6 is 22.7 Å². The molecule has 10 nitrogen and oxygen atoms in total. The summed E-state index contributed by atoms with van der Waals surface area (Å²) in [6.45, 7) is 0. The lowest BCUT2D eigenvalue weighted by molar-refractivity contribution is -0.115. The van der Waals surface area contributed by atoms with Gasteiger partial charge in [-0.2, -0.15) is 0 Å². The maximum absolute atomic E-state index is 12.2. The summed E-state index contributed by atoms with van der Waals surface area (Å²) in [6.07, 6.45) is 9.34. The van der Waals surface area contributed by atoms with Gasteiger partial charge < -0.3 is 5.32 Å². The number of carbonyl (C=O) groups excluding carboxylic acids is 1. The molecule has 4 aromatic rings. The fourth-order valence-electron chi connectivity index (χ4n) is 3.86. The molecular formula is C21H21N9OS2. The Bertz CT molecular complexity index is 1200. The minimum atomic E-state index is -0.140. The van der Waals surface area contributed by atoms with Gasteiger partial charge in [-0.15, -0.1) is 20.4 Å². The van der Waals surface area contributed by atoms with Gasteiger partial charge in [-0.1, -0.05) is 28.7 Å². The molecule has 1 saturated carbocycles. The van der Waals surface area contributed by atoms with E-state index in [9.17, 15) is 4.79 Å². The van der Waals surface area contributed by atoms with E-state index in [0.29, 0.717) is 28.0 Å². The van der Waals surface area contributed by atoms with Crippen LogP contribution in [0, 0.1) is 5.92 Å². The van der Waals surface area contributed by atoms with Gasteiger partial charge in [-0.25, -0.2) is 9.97 Å². The number of hydrogen-bond donors (Lipinski definition) is 2. The molecule has 0 aromatic carbocycles. The molecular weight excluding hydrogens is 458 g/mol. The van der Waals surface area contributed by atoms with E-state index in [2.05, 4.69) is 46.0 Å². The summed E-state index contributed by atoms with van der Waals surface area (Å²) < 4.78 is 0. The number of nitrogens with one attached hydrogen (secondary N) is 2. The van der Waals surface area contributed by atoms with E-state index in [-0.39, 0.29) is 12.3 Å². The van der Waals surface area contributed by atoms with E-state index in [1.165, 1.54) is 11.3 Å². The van der Waals surface area contributed by atoms with Crippen molar-refractivity contribution < 1.29 is 4.79 Å². The number of aromatic nitrogens is 7. The number of carbonyl (C=O) groups is 1. The quantitative estimate of drug-likeness (QED) is 0.389. The lowest BCUT2D eigenvalue weighted by Gasteiger charge is -2.06. The topological polar surface area (TPSA) is 131 Å². The van der Waals surface area contributed by atoms with Crippen molar-refractivity contribution in [1.82, 2.24) is 35.3 Å². The molecule has 0 unspecified atom stereocenters. The SMILES string of the molecule is O=C(Cc1ccccn1)Nc1nnc(C[C@@H]2CC[C@H](c3nnc(Nc4ncccn4)s3)C2)s1. The smallest absolute Gasteiger partial charge is 0.232 e. The summed E-state index contributed by atoms with van der Waals surface area (Å²) in [7, 11) is 0. The highest BCUT2D eigenvalue weighted by molar-refractivity contribution is 7.15. The molecule has 0 radical (unpaired) electrons. The standard InChI is InChI=1S/C21H21N9OS2/c31-16(12-15-4-1-2-7-22-15)25-20-29-27-17(32-20)11-13-5-6-14(10-13)18-28-30-21(33-18)26-19-23-8-3-9-24-19/h1-4,7-9,13-14H,5-6,10-12H2,(H,25,29,31)(H,23,24,26,30)/t13-,14+/m1/s1. The van der Waals surface area contributed by atoms with Crippen molar-refractivity contribution in [3.8, 4) is 0 Å². The van der Waals surface area contributed by atoms with Crippen LogP contribution in [0.25, 0.3) is 0 Å². The van der Waals surface area contributed by atoms with Gasteiger partial charge in [0.05, 0.1) is 6.42 Å². The Kier molecular flexibility index (Phi) is 6.53. The summed E-state index contributed by atoms with van der Waals surface area (Å²) in [5.41, 5.74) is 0.725. The van der Waals surface area contributed by atoms with Crippen molar-refractivity contribution >= 4 is 44.8 Å². The van der Waals surface area contributed by atoms with Gasteiger partial charge in [-0.05, 0) is 43.4 Å². The van der Waals surface area contributed by atoms with E-state index in [0.717, 1.165) is 41.4 Å². The lowest BCUT2D eigenvalue weighted by Crippen LogP contribution is -2.14. The average molecular weight is 480 g/mol. The molecule has 0 bridgehead atoms. The number of nitrogens with zero attached hydrogens (tertiary/aromatic N) is 7. The number of hydrogen-bond acceptors (Lipinski definition) is 11. The fraction of sp³-hybridized carbons (Fsp3) is 0.333. The van der Waals surface area contributed by atoms with Crippen molar-refractivity contribution in [1.29, 1.82) is 0 Å². The van der Waals surface area contributed by atoms with E-state index in [1.807, 2.05) is 18.2 Å². The van der Waals surface area contributed by atoms with Gasteiger partial charge in [0.25, 0.3) is 0 Å². The summed E-state index contributed by atoms with van der Waals surface area (Å²) >= 11 is 2.99. The Hall–Kier alpha value is -3.38. The summed E-state index contributed by atoms with van der Waals surface area (Å²) in [5.74, 6) is 1.28. The minimum Gasteiger partial charge on any atom is -0.300 e. The number of amides is 1. The van der Waals surface area contributed by atoms with Gasteiger partial charge in [0.1, 0.15) is 10.0 Å². The molecule has 0 aliphatic heterocycles. The zero-order chi connectivity index (χ0) is 22.5. The van der Waals surface area contributed by atoms with Gasteiger partial charge in [0, 0.05) is 36.6 Å². The highest BCUT2D eigenvalue weighted by Crippen LogP contribution is 2.41. The van der Waals surface area contributed by atoms with Crippen LogP contribution in [0.5, 0.6) is 0 Å². The Labute approximate surface area is 198 Å². The minimum absolute atomic E-state index is 0.140. The fourth-order valence-corrected chi connectivity index (χ4v) is 5.61. The Morgan fingerprint density at radius 1 is 0.939 bits per heavy atom. The van der Waals surface area contributed by atoms with E-state index in [4.69, 9.17) is 0 Å². The zero-order valence-corrected chi connectivity index (χ0v) is 19.2. The first kappa shape index (κ1) is 21.5. The molecule has 12 heteroatoms. The highest BCUT2D eigenvalue weighted by atomic mass is 32.1. The Morgan fingerprint density at radius 3 is 2.64 bits per heavy atom. The highest BCUT2D eigenvalue weighted by Gasteiger charge is 2.29. The van der Waals surface area contributed by atoms with E-state index < -0.39 is 0 Å². The molecule has 1 amide bonds. The maximum atomic E-state index is 12.2. The van der Waals surface area contributed by atoms with Crippen LogP contribution in [-0.2, 0) is 17.6 Å². The molecule has 1 aliphatic rings. The van der Waals surface area contributed by atoms with Crippen molar-refractivity contribution in [3.05, 3.63) is 58.6 Å². The molecule has 1 aliphatic carbocycles. The second kappa shape index (κ2) is 10.0. The summed E-state index contributed by atoms with van der Waals surface area (Å²) in [4.78, 5) is 24.7.